The second kappa shape index (κ2) is 4.52. The lowest BCUT2D eigenvalue weighted by Crippen LogP contribution is -1.83. The average Bonchev–Trinajstić information content (AvgIpc) is 1.89. The van der Waals surface area contributed by atoms with Crippen LogP contribution in [0.2, 0.25) is 0 Å². The Balaban J connectivity index is 0.000000810. The van der Waals surface area contributed by atoms with Gasteiger partial charge in [-0.1, -0.05) is 0 Å². The van der Waals surface area contributed by atoms with Gasteiger partial charge in [0.2, 0.25) is 0 Å². The summed E-state index contributed by atoms with van der Waals surface area (Å²) < 4.78 is 5.84. The van der Waals surface area contributed by atoms with Crippen molar-refractivity contribution in [3.8, 4) is 5.75 Å². The molecule has 2 nitrogen and oxygen atoms in total. The van der Waals surface area contributed by atoms with E-state index in [-0.39, 0.29) is 12.4 Å². The van der Waals surface area contributed by atoms with Crippen LogP contribution in [0.5, 0.6) is 5.75 Å². The molecule has 0 aliphatic heterocycles. The predicted molar refractivity (Wildman–Crippen MR) is 45.7 cm³/mol. The van der Waals surface area contributed by atoms with Crippen LogP contribution in [0.15, 0.2) is 22.9 Å². The summed E-state index contributed by atoms with van der Waals surface area (Å²) >= 11 is 3.27. The number of rotatable bonds is 1. The summed E-state index contributed by atoms with van der Waals surface area (Å²) in [6.07, 6.45) is 3.38. The Bertz CT molecular complexity index is 207. The molecule has 0 N–H and O–H groups in total. The van der Waals surface area contributed by atoms with E-state index in [1.807, 2.05) is 0 Å². The number of pyridine rings is 1. The third-order valence-corrected chi connectivity index (χ3v) is 1.55. The fourth-order valence-corrected chi connectivity index (χ4v) is 0.940. The monoisotopic (exact) mass is 223 g/mol. The molecule has 0 spiro atoms. The minimum absolute atomic E-state index is 0. The van der Waals surface area contributed by atoms with Crippen molar-refractivity contribution in [3.05, 3.63) is 22.9 Å². The molecular formula is C6H7BrClNO. The van der Waals surface area contributed by atoms with Crippen molar-refractivity contribution in [3.63, 3.8) is 0 Å². The predicted octanol–water partition coefficient (Wildman–Crippen LogP) is 2.27. The van der Waals surface area contributed by atoms with Gasteiger partial charge in [0.1, 0.15) is 5.75 Å². The highest BCUT2D eigenvalue weighted by Crippen LogP contribution is 2.21. The molecule has 1 heterocycles. The molecule has 4 heteroatoms. The van der Waals surface area contributed by atoms with Crippen molar-refractivity contribution >= 4 is 28.3 Å². The second-order valence-corrected chi connectivity index (χ2v) is 2.36. The molecule has 0 atom stereocenters. The molecule has 1 aromatic heterocycles. The summed E-state index contributed by atoms with van der Waals surface area (Å²) in [5.41, 5.74) is 0. The highest BCUT2D eigenvalue weighted by molar-refractivity contribution is 9.10. The SMILES string of the molecule is COc1ccncc1Br.Cl. The number of halogens is 2. The first kappa shape index (κ1) is 9.72. The minimum atomic E-state index is 0. The van der Waals surface area contributed by atoms with E-state index in [0.717, 1.165) is 10.2 Å². The van der Waals surface area contributed by atoms with E-state index in [0.29, 0.717) is 0 Å². The summed E-state index contributed by atoms with van der Waals surface area (Å²) in [6.45, 7) is 0. The molecule has 0 radical (unpaired) electrons. The van der Waals surface area contributed by atoms with Crippen molar-refractivity contribution in [1.82, 2.24) is 4.98 Å². The normalized spacial score (nSPS) is 8.20. The number of hydrogen-bond acceptors (Lipinski definition) is 2. The smallest absolute Gasteiger partial charge is 0.136 e. The molecule has 0 unspecified atom stereocenters. The lowest BCUT2D eigenvalue weighted by Gasteiger charge is -1.98. The average molecular weight is 224 g/mol. The molecule has 0 aliphatic rings. The van der Waals surface area contributed by atoms with E-state index in [1.54, 1.807) is 25.6 Å². The number of methoxy groups -OCH3 is 1. The van der Waals surface area contributed by atoms with Crippen LogP contribution in [0.25, 0.3) is 0 Å². The van der Waals surface area contributed by atoms with Crippen LogP contribution in [-0.4, -0.2) is 12.1 Å². The maximum atomic E-state index is 4.96. The molecule has 56 valence electrons. The molecular weight excluding hydrogens is 217 g/mol. The van der Waals surface area contributed by atoms with E-state index >= 15 is 0 Å². The van der Waals surface area contributed by atoms with Gasteiger partial charge in [-0.3, -0.25) is 4.98 Å². The van der Waals surface area contributed by atoms with Crippen LogP contribution < -0.4 is 4.74 Å². The summed E-state index contributed by atoms with van der Waals surface area (Å²) in [4.78, 5) is 3.87. The van der Waals surface area contributed by atoms with Crippen LogP contribution in [0.4, 0.5) is 0 Å². The zero-order valence-corrected chi connectivity index (χ0v) is 7.78. The summed E-state index contributed by atoms with van der Waals surface area (Å²) in [6, 6.07) is 1.80. The molecule has 0 bridgehead atoms. The van der Waals surface area contributed by atoms with Crippen LogP contribution in [0.3, 0.4) is 0 Å². The number of nitrogens with zero attached hydrogens (tertiary/aromatic N) is 1. The Labute approximate surface area is 74.2 Å². The Hall–Kier alpha value is -0.280. The summed E-state index contributed by atoms with van der Waals surface area (Å²) in [5, 5.41) is 0. The lowest BCUT2D eigenvalue weighted by molar-refractivity contribution is 0.411. The summed E-state index contributed by atoms with van der Waals surface area (Å²) in [5.74, 6) is 0.810. The molecule has 1 rings (SSSR count). The Kier molecular flexibility index (Phi) is 4.40. The van der Waals surface area contributed by atoms with Crippen molar-refractivity contribution in [2.75, 3.05) is 7.11 Å². The third-order valence-electron chi connectivity index (χ3n) is 0.955. The second-order valence-electron chi connectivity index (χ2n) is 1.51. The van der Waals surface area contributed by atoms with Crippen molar-refractivity contribution < 1.29 is 4.74 Å². The Morgan fingerprint density at radius 3 is 2.70 bits per heavy atom. The van der Waals surface area contributed by atoms with Crippen molar-refractivity contribution in [2.45, 2.75) is 0 Å². The first-order valence-corrected chi connectivity index (χ1v) is 3.27. The third kappa shape index (κ3) is 2.15. The van der Waals surface area contributed by atoms with E-state index in [1.165, 1.54) is 0 Å². The minimum Gasteiger partial charge on any atom is -0.495 e. The standard InChI is InChI=1S/C6H6BrNO.ClH/c1-9-6-2-3-8-4-5(6)7;/h2-4H,1H3;1H. The van der Waals surface area contributed by atoms with Crippen LogP contribution in [0.1, 0.15) is 0 Å². The Morgan fingerprint density at radius 1 is 1.60 bits per heavy atom. The van der Waals surface area contributed by atoms with Gasteiger partial charge in [-0.05, 0) is 22.0 Å². The van der Waals surface area contributed by atoms with E-state index in [4.69, 9.17) is 4.74 Å². The fraction of sp³-hybridized carbons (Fsp3) is 0.167. The van der Waals surface area contributed by atoms with Gasteiger partial charge < -0.3 is 4.74 Å². The number of aromatic nitrogens is 1. The first-order valence-electron chi connectivity index (χ1n) is 2.48. The molecule has 0 saturated heterocycles. The van der Waals surface area contributed by atoms with Gasteiger partial charge in [0, 0.05) is 12.4 Å². The largest absolute Gasteiger partial charge is 0.495 e. The van der Waals surface area contributed by atoms with Gasteiger partial charge in [0.05, 0.1) is 11.6 Å². The highest BCUT2D eigenvalue weighted by atomic mass is 79.9. The maximum Gasteiger partial charge on any atom is 0.136 e. The van der Waals surface area contributed by atoms with E-state index in [2.05, 4.69) is 20.9 Å². The lowest BCUT2D eigenvalue weighted by atomic mass is 10.5. The van der Waals surface area contributed by atoms with Gasteiger partial charge >= 0.3 is 0 Å². The number of hydrogen-bond donors (Lipinski definition) is 0. The van der Waals surface area contributed by atoms with Gasteiger partial charge in [0.25, 0.3) is 0 Å². The van der Waals surface area contributed by atoms with Crippen LogP contribution >= 0.6 is 28.3 Å². The van der Waals surface area contributed by atoms with Gasteiger partial charge in [-0.15, -0.1) is 12.4 Å². The quantitative estimate of drug-likeness (QED) is 0.730. The van der Waals surface area contributed by atoms with Crippen molar-refractivity contribution in [2.24, 2.45) is 0 Å². The zero-order valence-electron chi connectivity index (χ0n) is 5.37. The van der Waals surface area contributed by atoms with E-state index < -0.39 is 0 Å². The molecule has 1 aromatic rings. The first-order chi connectivity index (χ1) is 4.34. The molecule has 0 aromatic carbocycles. The Morgan fingerprint density at radius 2 is 2.30 bits per heavy atom. The molecule has 0 aliphatic carbocycles. The van der Waals surface area contributed by atoms with Crippen LogP contribution in [-0.2, 0) is 0 Å². The van der Waals surface area contributed by atoms with Gasteiger partial charge in [0.15, 0.2) is 0 Å². The molecule has 0 fully saturated rings. The maximum absolute atomic E-state index is 4.96. The summed E-state index contributed by atoms with van der Waals surface area (Å²) in [7, 11) is 1.63. The topological polar surface area (TPSA) is 22.1 Å². The molecule has 0 amide bonds. The molecule has 10 heavy (non-hydrogen) atoms. The van der Waals surface area contributed by atoms with Crippen molar-refractivity contribution in [1.29, 1.82) is 0 Å². The van der Waals surface area contributed by atoms with Crippen LogP contribution in [0, 0.1) is 0 Å². The van der Waals surface area contributed by atoms with Gasteiger partial charge in [-0.25, -0.2) is 0 Å². The zero-order chi connectivity index (χ0) is 6.69. The fourth-order valence-electron chi connectivity index (χ4n) is 0.528. The molecule has 0 saturated carbocycles. The highest BCUT2D eigenvalue weighted by Gasteiger charge is 1.94. The number of ether oxygens (including phenoxy) is 1. The van der Waals surface area contributed by atoms with Gasteiger partial charge in [-0.2, -0.15) is 0 Å². The van der Waals surface area contributed by atoms with E-state index in [9.17, 15) is 0 Å².